The van der Waals surface area contributed by atoms with Crippen molar-refractivity contribution in [1.82, 2.24) is 14.9 Å². The number of carbonyl (C=O) groups excluding carboxylic acids is 2. The van der Waals surface area contributed by atoms with Gasteiger partial charge in [-0.15, -0.1) is 11.3 Å². The Morgan fingerprint density at radius 1 is 1.21 bits per heavy atom. The molecular formula is C26H29N7O4S. The smallest absolute Gasteiger partial charge is 0.270 e. The molecular weight excluding hydrogens is 506 g/mol. The summed E-state index contributed by atoms with van der Waals surface area (Å²) in [5.41, 5.74) is 0.383. The predicted molar refractivity (Wildman–Crippen MR) is 148 cm³/mol. The van der Waals surface area contributed by atoms with Gasteiger partial charge in [-0.25, -0.2) is 4.98 Å². The molecule has 2 aromatic heterocycles. The first kappa shape index (κ1) is 27.9. The van der Waals surface area contributed by atoms with Gasteiger partial charge < -0.3 is 25.6 Å². The van der Waals surface area contributed by atoms with Crippen molar-refractivity contribution < 1.29 is 14.3 Å². The van der Waals surface area contributed by atoms with E-state index in [0.29, 0.717) is 35.0 Å². The molecule has 0 aliphatic rings. The van der Waals surface area contributed by atoms with E-state index in [1.165, 1.54) is 10.8 Å². The average molecular weight is 536 g/mol. The molecule has 1 aromatic carbocycles. The molecule has 0 fully saturated rings. The third-order valence-electron chi connectivity index (χ3n) is 5.36. The predicted octanol–water partition coefficient (Wildman–Crippen LogP) is 1.07. The highest BCUT2D eigenvalue weighted by Crippen LogP contribution is 2.19. The Labute approximate surface area is 223 Å². The van der Waals surface area contributed by atoms with E-state index < -0.39 is 5.91 Å². The molecule has 0 atom stereocenters. The van der Waals surface area contributed by atoms with Gasteiger partial charge in [0.25, 0.3) is 11.5 Å². The number of pyridine rings is 1. The number of methoxy groups -OCH3 is 1. The first-order chi connectivity index (χ1) is 18.3. The molecule has 3 N–H and O–H groups in total. The van der Waals surface area contributed by atoms with E-state index in [9.17, 15) is 19.6 Å². The van der Waals surface area contributed by atoms with E-state index in [-0.39, 0.29) is 28.2 Å². The van der Waals surface area contributed by atoms with Crippen LogP contribution < -0.4 is 40.3 Å². The standard InChI is InChI=1S/C26H29N7O4S/c1-5-28-24(35)19(14-27)26-33(6-2)25(36)20(38-26)15-29-21-11-8-12-22(30-21)31-23(34)16-32(3)17-9-7-10-18(13-17)37-4/h7-13,15H,5-6,16H2,1-4H3,(H,28,35)(H2,29,30,31,34). The van der Waals surface area contributed by atoms with Gasteiger partial charge in [-0.3, -0.25) is 19.0 Å². The number of benzene rings is 1. The van der Waals surface area contributed by atoms with Gasteiger partial charge in [-0.05, 0) is 38.1 Å². The molecule has 0 aliphatic carbocycles. The number of likely N-dealkylation sites (N-methyl/N-ethyl adjacent to an activating group) is 1. The molecule has 3 aromatic rings. The van der Waals surface area contributed by atoms with Crippen LogP contribution in [0.1, 0.15) is 13.8 Å². The van der Waals surface area contributed by atoms with E-state index >= 15 is 0 Å². The van der Waals surface area contributed by atoms with Gasteiger partial charge in [0.1, 0.15) is 32.6 Å². The van der Waals surface area contributed by atoms with Gasteiger partial charge >= 0.3 is 0 Å². The second-order valence-corrected chi connectivity index (χ2v) is 9.00. The minimum absolute atomic E-state index is 0.0937. The van der Waals surface area contributed by atoms with E-state index in [2.05, 4.69) is 20.9 Å². The lowest BCUT2D eigenvalue weighted by molar-refractivity contribution is -0.116. The van der Waals surface area contributed by atoms with Crippen molar-refractivity contribution >= 4 is 52.2 Å². The van der Waals surface area contributed by atoms with E-state index in [0.717, 1.165) is 17.0 Å². The number of rotatable bonds is 10. The number of hydrogen-bond donors (Lipinski definition) is 3. The molecule has 3 rings (SSSR count). The van der Waals surface area contributed by atoms with Gasteiger partial charge in [0.15, 0.2) is 5.57 Å². The van der Waals surface area contributed by atoms with Crippen LogP contribution in [-0.2, 0) is 16.1 Å². The minimum Gasteiger partial charge on any atom is -0.497 e. The number of amides is 2. The average Bonchev–Trinajstić information content (AvgIpc) is 3.22. The first-order valence-electron chi connectivity index (χ1n) is 11.8. The summed E-state index contributed by atoms with van der Waals surface area (Å²) < 4.78 is 7.20. The van der Waals surface area contributed by atoms with Gasteiger partial charge in [0, 0.05) is 38.1 Å². The highest BCUT2D eigenvalue weighted by Gasteiger charge is 2.14. The lowest BCUT2D eigenvalue weighted by atomic mass is 10.3. The van der Waals surface area contributed by atoms with Crippen molar-refractivity contribution in [3.05, 3.63) is 62.0 Å². The molecule has 12 heteroatoms. The van der Waals surface area contributed by atoms with Crippen LogP contribution in [0, 0.1) is 11.3 Å². The molecule has 198 valence electrons. The highest BCUT2D eigenvalue weighted by molar-refractivity contribution is 7.07. The van der Waals surface area contributed by atoms with E-state index in [1.54, 1.807) is 51.1 Å². The maximum Gasteiger partial charge on any atom is 0.270 e. The van der Waals surface area contributed by atoms with Crippen LogP contribution in [0.5, 0.6) is 5.75 Å². The summed E-state index contributed by atoms with van der Waals surface area (Å²) in [7, 11) is 3.38. The zero-order valence-corrected chi connectivity index (χ0v) is 22.4. The number of anilines is 3. The Morgan fingerprint density at radius 2 is 1.95 bits per heavy atom. The van der Waals surface area contributed by atoms with Crippen molar-refractivity contribution in [3.8, 4) is 11.8 Å². The molecule has 0 spiro atoms. The fraction of sp³-hybridized carbons (Fsp3) is 0.269. The zero-order valence-electron chi connectivity index (χ0n) is 21.6. The molecule has 2 amide bonds. The van der Waals surface area contributed by atoms with Gasteiger partial charge in [0.2, 0.25) is 5.91 Å². The number of nitriles is 1. The fourth-order valence-electron chi connectivity index (χ4n) is 3.50. The summed E-state index contributed by atoms with van der Waals surface area (Å²) >= 11 is 1.04. The maximum atomic E-state index is 12.9. The Balaban J connectivity index is 1.78. The Morgan fingerprint density at radius 3 is 2.63 bits per heavy atom. The molecule has 0 saturated carbocycles. The zero-order chi connectivity index (χ0) is 27.7. The number of ether oxygens (including phenoxy) is 1. The summed E-state index contributed by atoms with van der Waals surface area (Å²) in [6, 6.07) is 14.3. The van der Waals surface area contributed by atoms with E-state index in [4.69, 9.17) is 4.74 Å². The SMILES string of the molecule is CCNC(=O)C(C#N)=c1sc(=CNc2cccc(NC(=O)CN(C)c3cccc(OC)c3)n2)c(=O)n1CC. The van der Waals surface area contributed by atoms with Crippen LogP contribution in [0.15, 0.2) is 47.3 Å². The quantitative estimate of drug-likeness (QED) is 0.350. The number of aromatic nitrogens is 2. The van der Waals surface area contributed by atoms with Crippen molar-refractivity contribution in [2.75, 3.05) is 42.8 Å². The second-order valence-electron chi connectivity index (χ2n) is 7.97. The number of nitrogens with zero attached hydrogens (tertiary/aromatic N) is 4. The van der Waals surface area contributed by atoms with Crippen LogP contribution in [0.2, 0.25) is 0 Å². The van der Waals surface area contributed by atoms with Gasteiger partial charge in [-0.1, -0.05) is 12.1 Å². The lowest BCUT2D eigenvalue weighted by Crippen LogP contribution is -2.34. The van der Waals surface area contributed by atoms with Crippen LogP contribution in [0.4, 0.5) is 17.3 Å². The largest absolute Gasteiger partial charge is 0.497 e. The molecule has 0 saturated heterocycles. The maximum absolute atomic E-state index is 12.9. The first-order valence-corrected chi connectivity index (χ1v) is 12.6. The van der Waals surface area contributed by atoms with Crippen LogP contribution in [0.25, 0.3) is 11.8 Å². The highest BCUT2D eigenvalue weighted by atomic mass is 32.1. The molecule has 0 radical (unpaired) electrons. The van der Waals surface area contributed by atoms with Crippen LogP contribution in [-0.4, -0.2) is 48.6 Å². The van der Waals surface area contributed by atoms with Gasteiger partial charge in [-0.2, -0.15) is 5.26 Å². The number of thiazole rings is 1. The molecule has 38 heavy (non-hydrogen) atoms. The molecule has 0 bridgehead atoms. The Hall–Kier alpha value is -4.63. The summed E-state index contributed by atoms with van der Waals surface area (Å²) in [5, 5.41) is 17.8. The third-order valence-corrected chi connectivity index (χ3v) is 6.49. The number of nitrogens with one attached hydrogen (secondary N) is 3. The number of carbonyl (C=O) groups is 2. The summed E-state index contributed by atoms with van der Waals surface area (Å²) in [6.45, 7) is 4.27. The normalized spacial score (nSPS) is 11.8. The Kier molecular flexibility index (Phi) is 9.61. The molecule has 11 nitrogen and oxygen atoms in total. The topological polar surface area (TPSA) is 141 Å². The number of hydrogen-bond acceptors (Lipinski definition) is 9. The van der Waals surface area contributed by atoms with Crippen molar-refractivity contribution in [2.24, 2.45) is 0 Å². The second kappa shape index (κ2) is 13.1. The monoisotopic (exact) mass is 535 g/mol. The van der Waals surface area contributed by atoms with Crippen molar-refractivity contribution in [1.29, 1.82) is 5.26 Å². The summed E-state index contributed by atoms with van der Waals surface area (Å²) in [6.07, 6.45) is 1.47. The third kappa shape index (κ3) is 6.77. The molecule has 0 unspecified atom stereocenters. The lowest BCUT2D eigenvalue weighted by Gasteiger charge is -2.19. The van der Waals surface area contributed by atoms with Crippen LogP contribution >= 0.6 is 11.3 Å². The molecule has 0 aliphatic heterocycles. The van der Waals surface area contributed by atoms with Gasteiger partial charge in [0.05, 0.1) is 13.7 Å². The summed E-state index contributed by atoms with van der Waals surface area (Å²) in [5.74, 6) is 0.639. The van der Waals surface area contributed by atoms with Crippen molar-refractivity contribution in [2.45, 2.75) is 20.4 Å². The molecule has 2 heterocycles. The van der Waals surface area contributed by atoms with Crippen LogP contribution in [0.3, 0.4) is 0 Å². The van der Waals surface area contributed by atoms with E-state index in [1.807, 2.05) is 30.3 Å². The Bertz CT molecular complexity index is 1540. The minimum atomic E-state index is -0.528. The summed E-state index contributed by atoms with van der Waals surface area (Å²) in [4.78, 5) is 43.9. The van der Waals surface area contributed by atoms with Crippen molar-refractivity contribution in [3.63, 3.8) is 0 Å². The fourth-order valence-corrected chi connectivity index (χ4v) is 4.58.